The van der Waals surface area contributed by atoms with Crippen molar-refractivity contribution in [1.82, 2.24) is 18.9 Å². The normalized spacial score (nSPS) is 19.1. The lowest BCUT2D eigenvalue weighted by molar-refractivity contribution is 0.0683. The van der Waals surface area contributed by atoms with Gasteiger partial charge in [0.15, 0.2) is 35.1 Å². The molecule has 0 amide bonds. The number of aliphatic imine (C=N–C) groups is 4. The van der Waals surface area contributed by atoms with Crippen LogP contribution in [-0.4, -0.2) is 144 Å². The molecule has 8 rings (SSSR count). The van der Waals surface area contributed by atoms with Crippen molar-refractivity contribution >= 4 is 69.0 Å². The third-order valence-electron chi connectivity index (χ3n) is 12.7. The molecule has 4 aliphatic heterocycles. The minimum absolute atomic E-state index is 0.0360. The maximum absolute atomic E-state index is 15.7. The van der Waals surface area contributed by atoms with Gasteiger partial charge >= 0.3 is 11.9 Å². The number of hydrogen-bond donors (Lipinski definition) is 6. The molecule has 0 radical (unpaired) electrons. The van der Waals surface area contributed by atoms with Crippen molar-refractivity contribution in [2.45, 2.75) is 51.6 Å². The number of carboxylic acids is 2. The highest BCUT2D eigenvalue weighted by Gasteiger charge is 2.34. The molecule has 2 saturated heterocycles. The highest BCUT2D eigenvalue weighted by molar-refractivity contribution is 5.99. The van der Waals surface area contributed by atoms with Gasteiger partial charge < -0.3 is 71.4 Å². The molecule has 10 N–H and O–H groups in total. The minimum atomic E-state index is -1.38. The molecule has 4 aromatic rings. The Morgan fingerprint density at radius 1 is 0.632 bits per heavy atom. The van der Waals surface area contributed by atoms with Crippen molar-refractivity contribution in [2.24, 2.45) is 42.9 Å². The second kappa shape index (κ2) is 19.3. The summed E-state index contributed by atoms with van der Waals surface area (Å²) in [6.07, 6.45) is 5.78. The molecule has 2 fully saturated rings. The Morgan fingerprint density at radius 3 is 1.35 bits per heavy atom. The lowest BCUT2D eigenvalue weighted by Gasteiger charge is -2.38. The van der Waals surface area contributed by atoms with Crippen molar-refractivity contribution in [3.63, 3.8) is 0 Å². The third-order valence-corrected chi connectivity index (χ3v) is 12.7. The van der Waals surface area contributed by atoms with Crippen LogP contribution in [0.4, 0.5) is 20.2 Å². The van der Waals surface area contributed by atoms with E-state index in [1.165, 1.54) is 12.4 Å². The first-order valence-corrected chi connectivity index (χ1v) is 22.4. The number of pyridine rings is 2. The number of carboxylic acid groups (broad SMARTS) is 2. The zero-order chi connectivity index (χ0) is 48.6. The largest absolute Gasteiger partial charge is 0.487 e. The van der Waals surface area contributed by atoms with E-state index in [9.17, 15) is 29.4 Å². The van der Waals surface area contributed by atoms with E-state index < -0.39 is 45.6 Å². The topological polar surface area (TPSA) is 304 Å². The molecule has 6 heterocycles. The van der Waals surface area contributed by atoms with E-state index in [2.05, 4.69) is 20.0 Å². The minimum Gasteiger partial charge on any atom is -0.487 e. The number of piperazine rings is 2. The van der Waals surface area contributed by atoms with Gasteiger partial charge in [0.25, 0.3) is 0 Å². The van der Waals surface area contributed by atoms with Crippen LogP contribution in [0, 0.1) is 11.6 Å². The Hall–Kier alpha value is -7.66. The van der Waals surface area contributed by atoms with E-state index in [1.807, 2.05) is 33.4 Å². The summed E-state index contributed by atoms with van der Waals surface area (Å²) in [7, 11) is 0. The second-order valence-corrected chi connectivity index (χ2v) is 17.1. The van der Waals surface area contributed by atoms with Gasteiger partial charge in [-0.1, -0.05) is 12.8 Å². The summed E-state index contributed by atoms with van der Waals surface area (Å²) >= 11 is 0. The fraction of sp³-hybridized carbons (Fsp3) is 0.455. The van der Waals surface area contributed by atoms with Gasteiger partial charge in [-0.3, -0.25) is 19.6 Å². The highest BCUT2D eigenvalue weighted by Crippen LogP contribution is 2.43. The van der Waals surface area contributed by atoms with Gasteiger partial charge in [-0.05, 0) is 38.8 Å². The van der Waals surface area contributed by atoms with Gasteiger partial charge in [0, 0.05) is 77.8 Å². The van der Waals surface area contributed by atoms with Crippen LogP contribution in [-0.2, 0) is 0 Å². The quantitative estimate of drug-likeness (QED) is 0.0708. The molecule has 2 aromatic heterocycles. The smallest absolute Gasteiger partial charge is 0.341 e. The number of carbonyl (C=O) groups is 2. The summed E-state index contributed by atoms with van der Waals surface area (Å²) in [6, 6.07) is 1.62. The van der Waals surface area contributed by atoms with Crippen LogP contribution in [0.2, 0.25) is 0 Å². The second-order valence-electron chi connectivity index (χ2n) is 17.1. The van der Waals surface area contributed by atoms with Crippen LogP contribution >= 0.6 is 0 Å². The SMILES string of the molecule is C[C@@H]1COc2c(N3CCN(C(N)=NC(N)=NCCCCCCN=C(N)N=C(N)N4CCN(c5c(F)cc6c(=O)c(C(=O)O)cn7c6c5OC[C@@H]7C)CC4)CC3)c(F)cc3c(=O)c(C(=O)O)cn1c23. The Morgan fingerprint density at radius 2 is 1.00 bits per heavy atom. The standard InChI is InChI=1S/C44H54F2N14O8/c1-23-21-67-37-31-25(35(61)27(39(63)64)19-59(23)31)17-29(45)33(37)55-9-13-57(14-10-55)43(49)53-41(47)51-7-5-3-4-6-8-52-42(48)54-44(50)58-15-11-56(12-16-58)34-30(46)18-26-32-38(34)68-22-24(2)60(32)20-28(36(26)62)40(65)66/h17-20,23-24H,3-16,21-22H2,1-2H3,(H,63,64)(H,65,66)(H4,47,49,51,53)(H4,48,50,52,54)/t23-,24+. The summed E-state index contributed by atoms with van der Waals surface area (Å²) in [5.41, 5.74) is 23.4. The first kappa shape index (κ1) is 46.9. The molecule has 2 atom stereocenters. The molecule has 24 heteroatoms. The van der Waals surface area contributed by atoms with E-state index in [0.717, 1.165) is 37.8 Å². The van der Waals surface area contributed by atoms with Gasteiger partial charge in [0.1, 0.15) is 35.7 Å². The molecule has 4 aliphatic rings. The van der Waals surface area contributed by atoms with Gasteiger partial charge in [-0.25, -0.2) is 18.4 Å². The van der Waals surface area contributed by atoms with Crippen molar-refractivity contribution < 1.29 is 38.1 Å². The van der Waals surface area contributed by atoms with Crippen molar-refractivity contribution in [2.75, 3.05) is 88.5 Å². The number of hydrogen-bond acceptors (Lipinski definition) is 10. The van der Waals surface area contributed by atoms with Crippen LogP contribution in [0.3, 0.4) is 0 Å². The van der Waals surface area contributed by atoms with Gasteiger partial charge in [-0.2, -0.15) is 9.98 Å². The summed E-state index contributed by atoms with van der Waals surface area (Å²) < 4.78 is 46.7. The zero-order valence-corrected chi connectivity index (χ0v) is 37.7. The Kier molecular flexibility index (Phi) is 13.3. The van der Waals surface area contributed by atoms with E-state index in [4.69, 9.17) is 32.4 Å². The number of unbranched alkanes of at least 4 members (excludes halogenated alkanes) is 3. The molecule has 0 saturated carbocycles. The number of nitrogens with zero attached hydrogens (tertiary/aromatic N) is 10. The fourth-order valence-electron chi connectivity index (χ4n) is 9.05. The van der Waals surface area contributed by atoms with E-state index in [0.29, 0.717) is 76.5 Å². The number of ether oxygens (including phenoxy) is 2. The Labute approximate surface area is 387 Å². The van der Waals surface area contributed by atoms with Gasteiger partial charge in [0.05, 0.1) is 33.9 Å². The molecule has 0 bridgehead atoms. The lowest BCUT2D eigenvalue weighted by Crippen LogP contribution is -2.52. The summed E-state index contributed by atoms with van der Waals surface area (Å²) in [5, 5.41) is 19.0. The summed E-state index contributed by atoms with van der Waals surface area (Å²) in [5.74, 6) is -3.31. The first-order valence-electron chi connectivity index (χ1n) is 22.4. The molecule has 0 aliphatic carbocycles. The number of aromatic nitrogens is 2. The molecular formula is C44H54F2N14O8. The van der Waals surface area contributed by atoms with E-state index >= 15 is 8.78 Å². The summed E-state index contributed by atoms with van der Waals surface area (Å²) in [6.45, 7) is 7.86. The molecule has 2 aromatic carbocycles. The first-order chi connectivity index (χ1) is 32.5. The number of guanidine groups is 4. The van der Waals surface area contributed by atoms with Gasteiger partial charge in [0.2, 0.25) is 22.8 Å². The predicted molar refractivity (Wildman–Crippen MR) is 253 cm³/mol. The molecule has 0 unspecified atom stereocenters. The number of anilines is 2. The molecule has 362 valence electrons. The van der Waals surface area contributed by atoms with Crippen LogP contribution in [0.5, 0.6) is 11.5 Å². The Balaban J connectivity index is 0.769. The number of rotatable bonds is 11. The summed E-state index contributed by atoms with van der Waals surface area (Å²) in [4.78, 5) is 73.9. The molecule has 68 heavy (non-hydrogen) atoms. The third kappa shape index (κ3) is 9.08. The van der Waals surface area contributed by atoms with Crippen LogP contribution in [0.25, 0.3) is 21.8 Å². The highest BCUT2D eigenvalue weighted by atomic mass is 19.1. The van der Waals surface area contributed by atoms with Gasteiger partial charge in [-0.15, -0.1) is 0 Å². The maximum atomic E-state index is 15.7. The van der Waals surface area contributed by atoms with Crippen LogP contribution < -0.4 is 53.1 Å². The lowest BCUT2D eigenvalue weighted by atomic mass is 10.1. The maximum Gasteiger partial charge on any atom is 0.341 e. The van der Waals surface area contributed by atoms with E-state index in [1.54, 1.807) is 9.13 Å². The van der Waals surface area contributed by atoms with Crippen molar-refractivity contribution in [3.8, 4) is 11.5 Å². The van der Waals surface area contributed by atoms with Crippen LogP contribution in [0.1, 0.15) is 72.3 Å². The average molecular weight is 945 g/mol. The molecule has 22 nitrogen and oxygen atoms in total. The van der Waals surface area contributed by atoms with Crippen LogP contribution in [0.15, 0.2) is 54.1 Å². The number of aromatic carboxylic acids is 2. The predicted octanol–water partition coefficient (Wildman–Crippen LogP) is 1.66. The zero-order valence-electron chi connectivity index (χ0n) is 37.7. The molecular weight excluding hydrogens is 891 g/mol. The van der Waals surface area contributed by atoms with E-state index in [-0.39, 0.29) is 82.8 Å². The Bertz CT molecular complexity index is 2720. The average Bonchev–Trinajstić information content (AvgIpc) is 3.30. The number of benzene rings is 2. The number of halogens is 2. The van der Waals surface area contributed by atoms with Crippen molar-refractivity contribution in [1.29, 1.82) is 0 Å². The molecule has 0 spiro atoms. The van der Waals surface area contributed by atoms with Crippen molar-refractivity contribution in [3.05, 3.63) is 67.7 Å². The number of nitrogens with two attached hydrogens (primary N) is 4. The monoisotopic (exact) mass is 944 g/mol. The fourth-order valence-corrected chi connectivity index (χ4v) is 9.05.